The minimum Gasteiger partial charge on any atom is -0.398 e. The maximum atomic E-state index is 6.00. The Morgan fingerprint density at radius 1 is 1.41 bits per heavy atom. The second-order valence-electron chi connectivity index (χ2n) is 5.05. The highest BCUT2D eigenvalue weighted by molar-refractivity contribution is 7.99. The number of nitrogens with two attached hydrogens (primary N) is 1. The van der Waals surface area contributed by atoms with E-state index in [1.807, 2.05) is 30.0 Å². The summed E-state index contributed by atoms with van der Waals surface area (Å²) in [5, 5.41) is 1.59. The third kappa shape index (κ3) is 3.82. The van der Waals surface area contributed by atoms with Crippen LogP contribution in [0.4, 0.5) is 5.69 Å². The van der Waals surface area contributed by atoms with Crippen molar-refractivity contribution in [1.29, 1.82) is 0 Å². The van der Waals surface area contributed by atoms with Crippen molar-refractivity contribution in [3.05, 3.63) is 28.8 Å². The van der Waals surface area contributed by atoms with Gasteiger partial charge in [0.05, 0.1) is 0 Å². The molecule has 0 heterocycles. The molecule has 0 aliphatic heterocycles. The van der Waals surface area contributed by atoms with Crippen LogP contribution < -0.4 is 5.73 Å². The summed E-state index contributed by atoms with van der Waals surface area (Å²) in [6, 6.07) is 5.76. The van der Waals surface area contributed by atoms with Crippen molar-refractivity contribution < 1.29 is 0 Å². The van der Waals surface area contributed by atoms with Gasteiger partial charge in [0.25, 0.3) is 0 Å². The number of hydrogen-bond donors (Lipinski definition) is 1. The summed E-state index contributed by atoms with van der Waals surface area (Å²) in [5.74, 6) is 1.88. The first-order valence-corrected chi connectivity index (χ1v) is 7.73. The first-order valence-electron chi connectivity index (χ1n) is 6.30. The Balaban J connectivity index is 1.90. The van der Waals surface area contributed by atoms with Gasteiger partial charge in [0.15, 0.2) is 0 Å². The van der Waals surface area contributed by atoms with Gasteiger partial charge in [-0.15, -0.1) is 0 Å². The molecule has 0 spiro atoms. The standard InChI is InChI=1S/C14H20ClNS/c1-10-3-2-4-13(7-10)17-9-11-8-12(15)5-6-14(11)16/h5-6,8,10,13H,2-4,7,9,16H2,1H3. The van der Waals surface area contributed by atoms with Crippen LogP contribution in [0.15, 0.2) is 18.2 Å². The van der Waals surface area contributed by atoms with Gasteiger partial charge in [0, 0.05) is 21.7 Å². The average molecular weight is 270 g/mol. The highest BCUT2D eigenvalue weighted by Gasteiger charge is 2.19. The first kappa shape index (κ1) is 13.1. The van der Waals surface area contributed by atoms with Gasteiger partial charge >= 0.3 is 0 Å². The predicted octanol–water partition coefficient (Wildman–Crippen LogP) is 4.73. The molecule has 3 heteroatoms. The Kier molecular flexibility index (Phi) is 4.63. The summed E-state index contributed by atoms with van der Waals surface area (Å²) in [5.41, 5.74) is 8.01. The van der Waals surface area contributed by atoms with Gasteiger partial charge in [-0.3, -0.25) is 0 Å². The highest BCUT2D eigenvalue weighted by atomic mass is 35.5. The topological polar surface area (TPSA) is 26.0 Å². The average Bonchev–Trinajstić information content (AvgIpc) is 2.30. The molecule has 1 aliphatic rings. The van der Waals surface area contributed by atoms with E-state index in [9.17, 15) is 0 Å². The Morgan fingerprint density at radius 3 is 3.00 bits per heavy atom. The fourth-order valence-corrected chi connectivity index (χ4v) is 4.09. The van der Waals surface area contributed by atoms with Gasteiger partial charge < -0.3 is 5.73 Å². The molecule has 0 aromatic heterocycles. The molecule has 1 aromatic rings. The summed E-state index contributed by atoms with van der Waals surface area (Å²) < 4.78 is 0. The van der Waals surface area contributed by atoms with Crippen LogP contribution in [-0.4, -0.2) is 5.25 Å². The van der Waals surface area contributed by atoms with Gasteiger partial charge in [-0.25, -0.2) is 0 Å². The van der Waals surface area contributed by atoms with E-state index in [0.29, 0.717) is 0 Å². The van der Waals surface area contributed by atoms with E-state index in [1.165, 1.54) is 31.2 Å². The summed E-state index contributed by atoms with van der Waals surface area (Å²) in [7, 11) is 0. The third-order valence-electron chi connectivity index (χ3n) is 3.47. The number of thioether (sulfide) groups is 1. The molecule has 0 amide bonds. The van der Waals surface area contributed by atoms with E-state index in [2.05, 4.69) is 6.92 Å². The smallest absolute Gasteiger partial charge is 0.0410 e. The lowest BCUT2D eigenvalue weighted by Crippen LogP contribution is -2.15. The molecule has 1 aliphatic carbocycles. The second kappa shape index (κ2) is 6.01. The molecule has 0 radical (unpaired) electrons. The lowest BCUT2D eigenvalue weighted by atomic mass is 9.91. The first-order chi connectivity index (χ1) is 8.15. The molecule has 0 saturated heterocycles. The van der Waals surface area contributed by atoms with Gasteiger partial charge in [0.2, 0.25) is 0 Å². The maximum Gasteiger partial charge on any atom is 0.0410 e. The van der Waals surface area contributed by atoms with Crippen molar-refractivity contribution in [2.45, 2.75) is 43.6 Å². The monoisotopic (exact) mass is 269 g/mol. The van der Waals surface area contributed by atoms with E-state index in [-0.39, 0.29) is 0 Å². The SMILES string of the molecule is CC1CCCC(SCc2cc(Cl)ccc2N)C1. The van der Waals surface area contributed by atoms with E-state index in [4.69, 9.17) is 17.3 Å². The van der Waals surface area contributed by atoms with Gasteiger partial charge in [0.1, 0.15) is 0 Å². The van der Waals surface area contributed by atoms with Crippen LogP contribution in [0, 0.1) is 5.92 Å². The molecule has 1 nitrogen and oxygen atoms in total. The molecule has 1 aromatic carbocycles. The molecule has 2 atom stereocenters. The Bertz CT molecular complexity index is 380. The highest BCUT2D eigenvalue weighted by Crippen LogP contribution is 2.34. The summed E-state index contributed by atoms with van der Waals surface area (Å²) in [6.07, 6.45) is 5.49. The van der Waals surface area contributed by atoms with Crippen molar-refractivity contribution in [2.75, 3.05) is 5.73 Å². The normalized spacial score (nSPS) is 24.8. The summed E-state index contributed by atoms with van der Waals surface area (Å²) in [6.45, 7) is 2.36. The van der Waals surface area contributed by atoms with Crippen LogP contribution >= 0.6 is 23.4 Å². The van der Waals surface area contributed by atoms with Crippen molar-refractivity contribution >= 4 is 29.1 Å². The minimum absolute atomic E-state index is 0.784. The van der Waals surface area contributed by atoms with Gasteiger partial charge in [-0.05, 0) is 42.5 Å². The van der Waals surface area contributed by atoms with E-state index < -0.39 is 0 Å². The second-order valence-corrected chi connectivity index (χ2v) is 6.77. The van der Waals surface area contributed by atoms with E-state index in [1.54, 1.807) is 0 Å². The van der Waals surface area contributed by atoms with Crippen LogP contribution in [0.3, 0.4) is 0 Å². The molecule has 17 heavy (non-hydrogen) atoms. The van der Waals surface area contributed by atoms with Gasteiger partial charge in [-0.1, -0.05) is 31.4 Å². The lowest BCUT2D eigenvalue weighted by Gasteiger charge is -2.26. The number of halogens is 1. The largest absolute Gasteiger partial charge is 0.398 e. The number of nitrogen functional groups attached to an aromatic ring is 1. The predicted molar refractivity (Wildman–Crippen MR) is 78.6 cm³/mol. The zero-order valence-electron chi connectivity index (χ0n) is 10.3. The van der Waals surface area contributed by atoms with Crippen molar-refractivity contribution in [3.8, 4) is 0 Å². The number of anilines is 1. The molecule has 1 fully saturated rings. The van der Waals surface area contributed by atoms with Crippen LogP contribution in [0.5, 0.6) is 0 Å². The van der Waals surface area contributed by atoms with Gasteiger partial charge in [-0.2, -0.15) is 11.8 Å². The van der Waals surface area contributed by atoms with E-state index >= 15 is 0 Å². The fraction of sp³-hybridized carbons (Fsp3) is 0.571. The van der Waals surface area contributed by atoms with E-state index in [0.717, 1.165) is 27.6 Å². The molecule has 1 saturated carbocycles. The molecule has 2 rings (SSSR count). The molecular weight excluding hydrogens is 250 g/mol. The zero-order valence-corrected chi connectivity index (χ0v) is 11.9. The van der Waals surface area contributed by atoms with Crippen molar-refractivity contribution in [3.63, 3.8) is 0 Å². The minimum atomic E-state index is 0.784. The Hall–Kier alpha value is -0.340. The molecule has 2 N–H and O–H groups in total. The maximum absolute atomic E-state index is 6.00. The van der Waals surface area contributed by atoms with Crippen LogP contribution in [0.2, 0.25) is 5.02 Å². The van der Waals surface area contributed by atoms with Crippen molar-refractivity contribution in [2.24, 2.45) is 5.92 Å². The number of benzene rings is 1. The molecular formula is C14H20ClNS. The Morgan fingerprint density at radius 2 is 2.24 bits per heavy atom. The number of rotatable bonds is 3. The summed E-state index contributed by atoms with van der Waals surface area (Å²) >= 11 is 8.04. The molecule has 94 valence electrons. The Labute approximate surface area is 113 Å². The van der Waals surface area contributed by atoms with Crippen molar-refractivity contribution in [1.82, 2.24) is 0 Å². The lowest BCUT2D eigenvalue weighted by molar-refractivity contribution is 0.394. The van der Waals surface area contributed by atoms with Crippen LogP contribution in [0.25, 0.3) is 0 Å². The van der Waals surface area contributed by atoms with Crippen LogP contribution in [-0.2, 0) is 5.75 Å². The molecule has 2 unspecified atom stereocenters. The van der Waals surface area contributed by atoms with Crippen LogP contribution in [0.1, 0.15) is 38.2 Å². The number of hydrogen-bond acceptors (Lipinski definition) is 2. The third-order valence-corrected chi connectivity index (χ3v) is 5.08. The quantitative estimate of drug-likeness (QED) is 0.803. The molecule has 0 bridgehead atoms. The summed E-state index contributed by atoms with van der Waals surface area (Å²) in [4.78, 5) is 0. The zero-order chi connectivity index (χ0) is 12.3. The fourth-order valence-electron chi connectivity index (χ4n) is 2.44.